The molecule has 0 aliphatic heterocycles. The molecule has 1 aliphatic carbocycles. The van der Waals surface area contributed by atoms with E-state index in [0.717, 1.165) is 12.1 Å². The Morgan fingerprint density at radius 3 is 1.70 bits per heavy atom. The van der Waals surface area contributed by atoms with Crippen molar-refractivity contribution in [2.45, 2.75) is 5.92 Å². The molecule has 0 fully saturated rings. The van der Waals surface area contributed by atoms with Gasteiger partial charge in [0.1, 0.15) is 17.2 Å². The molecule has 0 saturated carbocycles. The van der Waals surface area contributed by atoms with Crippen LogP contribution in [0.5, 0.6) is 17.2 Å². The van der Waals surface area contributed by atoms with E-state index < -0.39 is 11.8 Å². The fourth-order valence-corrected chi connectivity index (χ4v) is 3.78. The van der Waals surface area contributed by atoms with Crippen LogP contribution in [0.25, 0.3) is 0 Å². The van der Waals surface area contributed by atoms with E-state index in [-0.39, 0.29) is 34.4 Å². The lowest BCUT2D eigenvalue weighted by Gasteiger charge is -2.24. The van der Waals surface area contributed by atoms with Gasteiger partial charge in [-0.3, -0.25) is 9.59 Å². The first-order valence-electron chi connectivity index (χ1n) is 8.46. The molecular formula is C22H16O5. The molecule has 134 valence electrons. The number of fused-ring (bicyclic) bond motifs is 1. The minimum atomic E-state index is -1.11. The number of benzene rings is 3. The average Bonchev–Trinajstić information content (AvgIpc) is 2.90. The van der Waals surface area contributed by atoms with E-state index in [2.05, 4.69) is 0 Å². The lowest BCUT2D eigenvalue weighted by molar-refractivity contribution is 0.0824. The summed E-state index contributed by atoms with van der Waals surface area (Å²) in [5.41, 5.74) is 1.32. The van der Waals surface area contributed by atoms with Crippen molar-refractivity contribution in [3.8, 4) is 17.2 Å². The van der Waals surface area contributed by atoms with Crippen LogP contribution in [0, 0.1) is 5.92 Å². The zero-order chi connectivity index (χ0) is 19.1. The summed E-state index contributed by atoms with van der Waals surface area (Å²) >= 11 is 0. The fraction of sp³-hybridized carbons (Fsp3) is 0.0909. The number of Topliss-reactive ketones (excluding diaryl/α,β-unsaturated/α-hetero) is 2. The van der Waals surface area contributed by atoms with Crippen LogP contribution < -0.4 is 0 Å². The number of hydrogen-bond donors (Lipinski definition) is 3. The second-order valence-electron chi connectivity index (χ2n) is 6.54. The summed E-state index contributed by atoms with van der Waals surface area (Å²) in [6, 6.07) is 17.6. The Bertz CT molecular complexity index is 997. The molecule has 4 rings (SSSR count). The van der Waals surface area contributed by atoms with E-state index in [1.54, 1.807) is 54.6 Å². The van der Waals surface area contributed by atoms with Gasteiger partial charge in [0.05, 0.1) is 5.92 Å². The third kappa shape index (κ3) is 2.64. The Kier molecular flexibility index (Phi) is 3.92. The summed E-state index contributed by atoms with van der Waals surface area (Å²) in [6.07, 6.45) is 0. The zero-order valence-electron chi connectivity index (χ0n) is 14.2. The van der Waals surface area contributed by atoms with E-state index in [9.17, 15) is 24.9 Å². The molecule has 3 aromatic carbocycles. The second-order valence-corrected chi connectivity index (χ2v) is 6.54. The van der Waals surface area contributed by atoms with Crippen molar-refractivity contribution >= 4 is 11.6 Å². The number of carbonyl (C=O) groups excluding carboxylic acids is 2. The molecule has 0 amide bonds. The van der Waals surface area contributed by atoms with Crippen molar-refractivity contribution in [3.63, 3.8) is 0 Å². The van der Waals surface area contributed by atoms with Crippen molar-refractivity contribution in [1.82, 2.24) is 0 Å². The number of phenolic OH excluding ortho intramolecular Hbond substituents is 3. The highest BCUT2D eigenvalue weighted by molar-refractivity contribution is 6.27. The van der Waals surface area contributed by atoms with Gasteiger partial charge >= 0.3 is 0 Å². The van der Waals surface area contributed by atoms with E-state index in [4.69, 9.17) is 0 Å². The predicted octanol–water partition coefficient (Wildman–Crippen LogP) is 3.63. The van der Waals surface area contributed by atoms with Gasteiger partial charge in [-0.1, -0.05) is 54.6 Å². The summed E-state index contributed by atoms with van der Waals surface area (Å²) in [7, 11) is 0. The Balaban J connectivity index is 1.94. The minimum absolute atomic E-state index is 0.0403. The lowest BCUT2D eigenvalue weighted by atomic mass is 9.77. The Hall–Kier alpha value is -3.60. The maximum absolute atomic E-state index is 13.1. The average molecular weight is 360 g/mol. The summed E-state index contributed by atoms with van der Waals surface area (Å²) < 4.78 is 0. The van der Waals surface area contributed by atoms with Crippen LogP contribution in [-0.4, -0.2) is 26.9 Å². The van der Waals surface area contributed by atoms with Crippen molar-refractivity contribution in [2.24, 2.45) is 5.92 Å². The van der Waals surface area contributed by atoms with Gasteiger partial charge < -0.3 is 15.3 Å². The monoisotopic (exact) mass is 360 g/mol. The topological polar surface area (TPSA) is 94.8 Å². The van der Waals surface area contributed by atoms with Gasteiger partial charge in [-0.05, 0) is 5.56 Å². The molecule has 3 aromatic rings. The highest BCUT2D eigenvalue weighted by Crippen LogP contribution is 2.47. The molecule has 5 heteroatoms. The second kappa shape index (κ2) is 6.29. The van der Waals surface area contributed by atoms with Crippen LogP contribution in [0.2, 0.25) is 0 Å². The first kappa shape index (κ1) is 16.8. The highest BCUT2D eigenvalue weighted by atomic mass is 16.3. The van der Waals surface area contributed by atoms with Crippen molar-refractivity contribution in [2.75, 3.05) is 0 Å². The number of carbonyl (C=O) groups is 2. The lowest BCUT2D eigenvalue weighted by Crippen LogP contribution is -2.25. The standard InChI is InChI=1S/C22H16O5/c23-13-10-16(24)19(17(25)11-13)18(12-6-2-1-3-7-12)20-21(26)14-8-4-5-9-15(14)22(20)27/h1-11,18,20,23-25H. The minimum Gasteiger partial charge on any atom is -0.508 e. The third-order valence-corrected chi connectivity index (χ3v) is 4.95. The number of ketones is 2. The van der Waals surface area contributed by atoms with Gasteiger partial charge in [0, 0.05) is 34.7 Å². The van der Waals surface area contributed by atoms with Gasteiger partial charge in [0.15, 0.2) is 11.6 Å². The van der Waals surface area contributed by atoms with Crippen molar-refractivity contribution in [1.29, 1.82) is 0 Å². The first-order chi connectivity index (χ1) is 13.0. The number of rotatable bonds is 3. The van der Waals surface area contributed by atoms with Gasteiger partial charge in [0.25, 0.3) is 0 Å². The number of phenols is 3. The van der Waals surface area contributed by atoms with E-state index in [1.807, 2.05) is 0 Å². The number of hydrogen-bond acceptors (Lipinski definition) is 5. The molecule has 0 heterocycles. The van der Waals surface area contributed by atoms with Gasteiger partial charge in [0.2, 0.25) is 0 Å². The largest absolute Gasteiger partial charge is 0.508 e. The molecule has 1 aliphatic rings. The molecule has 1 atom stereocenters. The smallest absolute Gasteiger partial charge is 0.175 e. The first-order valence-corrected chi connectivity index (χ1v) is 8.46. The molecule has 1 unspecified atom stereocenters. The van der Waals surface area contributed by atoms with Crippen molar-refractivity contribution in [3.05, 3.63) is 89.0 Å². The SMILES string of the molecule is O=C1c2ccccc2C(=O)C1C(c1ccccc1)c1c(O)cc(O)cc1O. The maximum Gasteiger partial charge on any atom is 0.175 e. The van der Waals surface area contributed by atoms with E-state index in [1.165, 1.54) is 0 Å². The Labute approximate surface area is 155 Å². The fourth-order valence-electron chi connectivity index (χ4n) is 3.78. The van der Waals surface area contributed by atoms with Crippen LogP contribution in [-0.2, 0) is 0 Å². The molecule has 3 N–H and O–H groups in total. The van der Waals surface area contributed by atoms with Crippen LogP contribution in [0.3, 0.4) is 0 Å². The normalized spacial score (nSPS) is 15.0. The number of aromatic hydroxyl groups is 3. The third-order valence-electron chi connectivity index (χ3n) is 4.95. The molecular weight excluding hydrogens is 344 g/mol. The summed E-state index contributed by atoms with van der Waals surface area (Å²) in [4.78, 5) is 26.1. The molecule has 0 saturated heterocycles. The quantitative estimate of drug-likeness (QED) is 0.620. The zero-order valence-corrected chi connectivity index (χ0v) is 14.2. The van der Waals surface area contributed by atoms with Crippen LogP contribution in [0.15, 0.2) is 66.7 Å². The van der Waals surface area contributed by atoms with E-state index in [0.29, 0.717) is 16.7 Å². The Morgan fingerprint density at radius 1 is 0.704 bits per heavy atom. The molecule has 0 spiro atoms. The molecule has 5 nitrogen and oxygen atoms in total. The van der Waals surface area contributed by atoms with Gasteiger partial charge in [-0.25, -0.2) is 0 Å². The summed E-state index contributed by atoms with van der Waals surface area (Å²) in [5, 5.41) is 30.5. The van der Waals surface area contributed by atoms with Crippen molar-refractivity contribution < 1.29 is 24.9 Å². The van der Waals surface area contributed by atoms with Gasteiger partial charge in [-0.2, -0.15) is 0 Å². The predicted molar refractivity (Wildman–Crippen MR) is 98.3 cm³/mol. The molecule has 0 radical (unpaired) electrons. The van der Waals surface area contributed by atoms with E-state index >= 15 is 0 Å². The Morgan fingerprint density at radius 2 is 1.19 bits per heavy atom. The summed E-state index contributed by atoms with van der Waals surface area (Å²) in [6.45, 7) is 0. The van der Waals surface area contributed by atoms with Gasteiger partial charge in [-0.15, -0.1) is 0 Å². The highest BCUT2D eigenvalue weighted by Gasteiger charge is 2.45. The summed E-state index contributed by atoms with van der Waals surface area (Å²) in [5.74, 6) is -3.76. The maximum atomic E-state index is 13.1. The molecule has 27 heavy (non-hydrogen) atoms. The molecule has 0 aromatic heterocycles. The molecule has 0 bridgehead atoms. The van der Waals surface area contributed by atoms with Crippen LogP contribution in [0.4, 0.5) is 0 Å². The van der Waals surface area contributed by atoms with Crippen LogP contribution in [0.1, 0.15) is 37.8 Å². The van der Waals surface area contributed by atoms with Crippen LogP contribution >= 0.6 is 0 Å².